The van der Waals surface area contributed by atoms with Crippen LogP contribution in [0.1, 0.15) is 32.6 Å². The summed E-state index contributed by atoms with van der Waals surface area (Å²) in [4.78, 5) is 24.1. The zero-order chi connectivity index (χ0) is 12.7. The lowest BCUT2D eigenvalue weighted by molar-refractivity contribution is -0.144. The molecule has 0 amide bonds. The normalized spacial score (nSPS) is 18.0. The molecule has 17 heavy (non-hydrogen) atoms. The van der Waals surface area contributed by atoms with Gasteiger partial charge in [0.05, 0.1) is 13.2 Å². The van der Waals surface area contributed by atoms with Gasteiger partial charge in [0.1, 0.15) is 0 Å². The molecule has 1 aliphatic heterocycles. The summed E-state index contributed by atoms with van der Waals surface area (Å²) < 4.78 is 4.91. The molecule has 0 aromatic rings. The van der Waals surface area contributed by atoms with Crippen LogP contribution in [-0.4, -0.2) is 42.4 Å². The summed E-state index contributed by atoms with van der Waals surface area (Å²) in [5.41, 5.74) is 0. The zero-order valence-electron chi connectivity index (χ0n) is 10.3. The summed E-state index contributed by atoms with van der Waals surface area (Å²) in [5, 5.41) is -0.251. The van der Waals surface area contributed by atoms with Crippen molar-refractivity contribution >= 4 is 22.8 Å². The number of likely N-dealkylation sites (tertiary alicyclic amines) is 1. The lowest BCUT2D eigenvalue weighted by atomic mass is 9.92. The number of ether oxygens (including phenoxy) is 1. The van der Waals surface area contributed by atoms with Gasteiger partial charge >= 0.3 is 5.97 Å². The highest BCUT2D eigenvalue weighted by Gasteiger charge is 2.21. The topological polar surface area (TPSA) is 46.6 Å². The van der Waals surface area contributed by atoms with E-state index in [1.54, 1.807) is 0 Å². The molecule has 1 rings (SSSR count). The van der Waals surface area contributed by atoms with Crippen LogP contribution in [0.4, 0.5) is 0 Å². The van der Waals surface area contributed by atoms with Crippen LogP contribution in [0.15, 0.2) is 0 Å². The maximum Gasteiger partial charge on any atom is 0.320 e. The molecule has 5 heteroatoms. The average molecular weight is 262 g/mol. The smallest absolute Gasteiger partial charge is 0.320 e. The van der Waals surface area contributed by atoms with Gasteiger partial charge in [-0.3, -0.25) is 14.5 Å². The van der Waals surface area contributed by atoms with Gasteiger partial charge in [-0.05, 0) is 56.8 Å². The van der Waals surface area contributed by atoms with Crippen LogP contribution in [-0.2, 0) is 14.3 Å². The first kappa shape index (κ1) is 14.5. The number of carbonyl (C=O) groups excluding carboxylic acids is 2. The quantitative estimate of drug-likeness (QED) is 0.540. The molecule has 0 spiro atoms. The van der Waals surface area contributed by atoms with E-state index in [-0.39, 0.29) is 11.2 Å². The minimum Gasteiger partial charge on any atom is -0.465 e. The van der Waals surface area contributed by atoms with Crippen molar-refractivity contribution in [1.82, 2.24) is 4.90 Å². The van der Waals surface area contributed by atoms with Crippen molar-refractivity contribution in [2.75, 3.05) is 26.2 Å². The first-order chi connectivity index (χ1) is 8.11. The summed E-state index contributed by atoms with van der Waals surface area (Å²) in [5.74, 6) is 0.415. The third kappa shape index (κ3) is 6.03. The fourth-order valence-electron chi connectivity index (χ4n) is 2.14. The van der Waals surface area contributed by atoms with E-state index in [0.717, 1.165) is 32.4 Å². The molecular weight excluding hydrogens is 242 g/mol. The molecule has 0 aliphatic carbocycles. The maximum atomic E-state index is 11.3. The van der Waals surface area contributed by atoms with Gasteiger partial charge in [-0.2, -0.15) is 0 Å². The number of rotatable bonds is 6. The second-order valence-corrected chi connectivity index (χ2v) is 4.84. The second kappa shape index (κ2) is 7.67. The van der Waals surface area contributed by atoms with Crippen molar-refractivity contribution in [1.29, 1.82) is 0 Å². The van der Waals surface area contributed by atoms with E-state index < -0.39 is 0 Å². The number of esters is 1. The highest BCUT2D eigenvalue weighted by atomic mass is 35.5. The molecule has 0 bridgehead atoms. The predicted octanol–water partition coefficient (Wildman–Crippen LogP) is 1.81. The van der Waals surface area contributed by atoms with E-state index in [4.69, 9.17) is 16.3 Å². The minimum absolute atomic E-state index is 0.151. The highest BCUT2D eigenvalue weighted by molar-refractivity contribution is 6.63. The Hall–Kier alpha value is -0.610. The Bertz CT molecular complexity index is 262. The Kier molecular flexibility index (Phi) is 6.52. The van der Waals surface area contributed by atoms with Gasteiger partial charge in [0.2, 0.25) is 5.24 Å². The third-order valence-electron chi connectivity index (χ3n) is 3.11. The molecule has 4 nitrogen and oxygen atoms in total. The molecular formula is C12H20ClNO3. The van der Waals surface area contributed by atoms with E-state index in [1.807, 2.05) is 6.92 Å². The monoisotopic (exact) mass is 261 g/mol. The van der Waals surface area contributed by atoms with Crippen molar-refractivity contribution in [3.8, 4) is 0 Å². The van der Waals surface area contributed by atoms with Crippen LogP contribution in [0.3, 0.4) is 0 Å². The Morgan fingerprint density at radius 3 is 2.53 bits per heavy atom. The van der Waals surface area contributed by atoms with Crippen LogP contribution < -0.4 is 0 Å². The number of piperidine rings is 1. The molecule has 1 heterocycles. The predicted molar refractivity (Wildman–Crippen MR) is 65.9 cm³/mol. The van der Waals surface area contributed by atoms with Crippen LogP contribution >= 0.6 is 11.6 Å². The average Bonchev–Trinajstić information content (AvgIpc) is 2.28. The van der Waals surface area contributed by atoms with Crippen molar-refractivity contribution in [2.24, 2.45) is 5.92 Å². The van der Waals surface area contributed by atoms with E-state index in [9.17, 15) is 9.59 Å². The molecule has 0 N–H and O–H groups in total. The second-order valence-electron chi connectivity index (χ2n) is 4.42. The van der Waals surface area contributed by atoms with E-state index in [2.05, 4.69) is 4.90 Å². The molecule has 0 aromatic carbocycles. The molecule has 1 aliphatic rings. The number of halogens is 1. The van der Waals surface area contributed by atoms with E-state index in [0.29, 0.717) is 25.5 Å². The molecule has 1 saturated heterocycles. The van der Waals surface area contributed by atoms with Crippen LogP contribution in [0.2, 0.25) is 0 Å². The van der Waals surface area contributed by atoms with Crippen molar-refractivity contribution in [3.05, 3.63) is 0 Å². The van der Waals surface area contributed by atoms with Crippen LogP contribution in [0, 0.1) is 5.92 Å². The van der Waals surface area contributed by atoms with Crippen LogP contribution in [0.5, 0.6) is 0 Å². The van der Waals surface area contributed by atoms with Gasteiger partial charge in [0.25, 0.3) is 0 Å². The summed E-state index contributed by atoms with van der Waals surface area (Å²) in [6.45, 7) is 4.44. The lowest BCUT2D eigenvalue weighted by Gasteiger charge is -2.30. The van der Waals surface area contributed by atoms with Crippen LogP contribution in [0.25, 0.3) is 0 Å². The standard InChI is InChI=1S/C12H20ClNO3/c1-2-17-12(16)9-14-7-5-10(6-8-14)3-4-11(13)15/h10H,2-9H2,1H3. The van der Waals surface area contributed by atoms with E-state index >= 15 is 0 Å². The Balaban J connectivity index is 2.17. The summed E-state index contributed by atoms with van der Waals surface area (Å²) in [7, 11) is 0. The number of nitrogens with zero attached hydrogens (tertiary/aromatic N) is 1. The molecule has 98 valence electrons. The number of hydrogen-bond acceptors (Lipinski definition) is 4. The summed E-state index contributed by atoms with van der Waals surface area (Å²) in [6.07, 6.45) is 3.40. The molecule has 1 fully saturated rings. The molecule has 0 atom stereocenters. The molecule has 0 unspecified atom stereocenters. The highest BCUT2D eigenvalue weighted by Crippen LogP contribution is 2.22. The fraction of sp³-hybridized carbons (Fsp3) is 0.833. The van der Waals surface area contributed by atoms with Gasteiger partial charge in [0, 0.05) is 6.42 Å². The molecule has 0 aromatic heterocycles. The van der Waals surface area contributed by atoms with Gasteiger partial charge in [-0.15, -0.1) is 0 Å². The Labute approximate surface area is 107 Å². The number of carbonyl (C=O) groups is 2. The Morgan fingerprint density at radius 1 is 1.35 bits per heavy atom. The Morgan fingerprint density at radius 2 is 2.00 bits per heavy atom. The number of hydrogen-bond donors (Lipinski definition) is 0. The van der Waals surface area contributed by atoms with Gasteiger partial charge < -0.3 is 4.74 Å². The molecule has 0 saturated carbocycles. The first-order valence-electron chi connectivity index (χ1n) is 6.18. The largest absolute Gasteiger partial charge is 0.465 e. The minimum atomic E-state index is -0.251. The summed E-state index contributed by atoms with van der Waals surface area (Å²) >= 11 is 5.32. The van der Waals surface area contributed by atoms with Crippen molar-refractivity contribution in [3.63, 3.8) is 0 Å². The van der Waals surface area contributed by atoms with Gasteiger partial charge in [-0.1, -0.05) is 0 Å². The lowest BCUT2D eigenvalue weighted by Crippen LogP contribution is -2.38. The fourth-order valence-corrected chi connectivity index (χ4v) is 2.25. The maximum absolute atomic E-state index is 11.3. The van der Waals surface area contributed by atoms with E-state index in [1.165, 1.54) is 0 Å². The third-order valence-corrected chi connectivity index (χ3v) is 3.30. The van der Waals surface area contributed by atoms with Crippen molar-refractivity contribution in [2.45, 2.75) is 32.6 Å². The van der Waals surface area contributed by atoms with Gasteiger partial charge in [0.15, 0.2) is 0 Å². The zero-order valence-corrected chi connectivity index (χ0v) is 11.0. The summed E-state index contributed by atoms with van der Waals surface area (Å²) in [6, 6.07) is 0. The SMILES string of the molecule is CCOC(=O)CN1CCC(CCC(=O)Cl)CC1. The van der Waals surface area contributed by atoms with Gasteiger partial charge in [-0.25, -0.2) is 0 Å². The first-order valence-corrected chi connectivity index (χ1v) is 6.56. The van der Waals surface area contributed by atoms with Crippen molar-refractivity contribution < 1.29 is 14.3 Å². The molecule has 0 radical (unpaired) electrons.